The highest BCUT2D eigenvalue weighted by Crippen LogP contribution is 2.54. The lowest BCUT2D eigenvalue weighted by Crippen LogP contribution is -2.26. The minimum absolute atomic E-state index is 0.278. The van der Waals surface area contributed by atoms with Crippen molar-refractivity contribution in [1.29, 1.82) is 0 Å². The van der Waals surface area contributed by atoms with Crippen molar-refractivity contribution in [1.82, 2.24) is 19.6 Å². The Bertz CT molecular complexity index is 1140. The summed E-state index contributed by atoms with van der Waals surface area (Å²) in [5, 5.41) is 2.92. The molecule has 1 aliphatic rings. The van der Waals surface area contributed by atoms with Crippen molar-refractivity contribution in [3.63, 3.8) is 0 Å². The molecule has 0 aliphatic carbocycles. The van der Waals surface area contributed by atoms with Crippen LogP contribution in [-0.4, -0.2) is 42.4 Å². The van der Waals surface area contributed by atoms with E-state index in [2.05, 4.69) is 15.3 Å². The van der Waals surface area contributed by atoms with Crippen LogP contribution < -0.4 is 5.32 Å². The summed E-state index contributed by atoms with van der Waals surface area (Å²) in [7, 11) is -3.19. The zero-order valence-corrected chi connectivity index (χ0v) is 20.0. The van der Waals surface area contributed by atoms with Crippen molar-refractivity contribution in [2.24, 2.45) is 0 Å². The van der Waals surface area contributed by atoms with E-state index in [0.29, 0.717) is 29.4 Å². The van der Waals surface area contributed by atoms with Crippen LogP contribution in [0.1, 0.15) is 45.7 Å². The van der Waals surface area contributed by atoms with Crippen molar-refractivity contribution in [3.8, 4) is 11.1 Å². The topological polar surface area (TPSA) is 98.6 Å². The van der Waals surface area contributed by atoms with Gasteiger partial charge in [-0.25, -0.2) is 14.3 Å². The Morgan fingerprint density at radius 3 is 2.30 bits per heavy atom. The molecule has 3 N–H and O–H groups in total. The first-order chi connectivity index (χ1) is 15.8. The fourth-order valence-corrected chi connectivity index (χ4v) is 5.61. The van der Waals surface area contributed by atoms with E-state index < -0.39 is 10.8 Å². The zero-order valence-electron chi connectivity index (χ0n) is 19.2. The standard InChI is InChI=1S/C25H30N4O3S/c1-17-6-8-21(9-7-17)23-12-22(33(31,32)29-10-4-5-11-29)13-24(18(23)2)25(30)28-16-20-14-26-19(3)27-15-20/h6-9,12-15,31-32H,4-5,10-11,16H2,1-3H3,(H,28,30). The number of aryl methyl sites for hydroxylation is 2. The van der Waals surface area contributed by atoms with Crippen molar-refractivity contribution in [2.45, 2.75) is 45.1 Å². The molecular formula is C25H30N4O3S. The van der Waals surface area contributed by atoms with Gasteiger partial charge in [-0.1, -0.05) is 29.8 Å². The maximum absolute atomic E-state index is 13.2. The maximum Gasteiger partial charge on any atom is 0.251 e. The van der Waals surface area contributed by atoms with E-state index in [1.54, 1.807) is 22.8 Å². The average molecular weight is 467 g/mol. The third-order valence-corrected chi connectivity index (χ3v) is 7.97. The molecule has 0 radical (unpaired) electrons. The Morgan fingerprint density at radius 1 is 1.03 bits per heavy atom. The van der Waals surface area contributed by atoms with Gasteiger partial charge in [0.05, 0.1) is 4.90 Å². The molecule has 1 fully saturated rings. The molecule has 33 heavy (non-hydrogen) atoms. The minimum Gasteiger partial charge on any atom is -0.348 e. The van der Waals surface area contributed by atoms with Crippen LogP contribution in [0.4, 0.5) is 0 Å². The lowest BCUT2D eigenvalue weighted by molar-refractivity contribution is 0.0950. The number of carbonyl (C=O) groups excluding carboxylic acids is 1. The molecule has 3 aromatic rings. The van der Waals surface area contributed by atoms with Crippen LogP contribution in [0.15, 0.2) is 53.7 Å². The Hall–Kier alpha value is -2.78. The van der Waals surface area contributed by atoms with E-state index in [0.717, 1.165) is 40.7 Å². The molecule has 1 amide bonds. The van der Waals surface area contributed by atoms with Gasteiger partial charge in [-0.05, 0) is 62.4 Å². The second-order valence-electron chi connectivity index (χ2n) is 8.49. The van der Waals surface area contributed by atoms with E-state index in [1.807, 2.05) is 51.1 Å². The quantitative estimate of drug-likeness (QED) is 0.466. The van der Waals surface area contributed by atoms with Gasteiger partial charge in [0.1, 0.15) is 5.82 Å². The normalized spacial score (nSPS) is 14.9. The smallest absolute Gasteiger partial charge is 0.251 e. The number of hydrogen-bond donors (Lipinski definition) is 3. The Balaban J connectivity index is 1.72. The molecule has 1 aromatic heterocycles. The molecule has 0 saturated carbocycles. The van der Waals surface area contributed by atoms with Crippen LogP contribution in [0.3, 0.4) is 0 Å². The van der Waals surface area contributed by atoms with E-state index in [1.165, 1.54) is 0 Å². The first-order valence-corrected chi connectivity index (χ1v) is 12.6. The summed E-state index contributed by atoms with van der Waals surface area (Å²) in [5.74, 6) is 0.392. The van der Waals surface area contributed by atoms with Crippen molar-refractivity contribution in [3.05, 3.63) is 76.9 Å². The molecular weight excluding hydrogens is 436 g/mol. The Morgan fingerprint density at radius 2 is 1.67 bits per heavy atom. The average Bonchev–Trinajstić information content (AvgIpc) is 3.35. The monoisotopic (exact) mass is 466 g/mol. The fraction of sp³-hybridized carbons (Fsp3) is 0.320. The molecule has 2 aromatic carbocycles. The molecule has 1 saturated heterocycles. The van der Waals surface area contributed by atoms with Gasteiger partial charge in [-0.3, -0.25) is 13.9 Å². The lowest BCUT2D eigenvalue weighted by Gasteiger charge is -2.41. The fourth-order valence-electron chi connectivity index (χ4n) is 3.99. The highest BCUT2D eigenvalue weighted by atomic mass is 32.3. The molecule has 0 atom stereocenters. The summed E-state index contributed by atoms with van der Waals surface area (Å²) in [6, 6.07) is 11.5. The molecule has 4 rings (SSSR count). The highest BCUT2D eigenvalue weighted by molar-refractivity contribution is 8.22. The third kappa shape index (κ3) is 5.09. The third-order valence-electron chi connectivity index (χ3n) is 6.02. The second kappa shape index (κ2) is 9.61. The van der Waals surface area contributed by atoms with Gasteiger partial charge >= 0.3 is 0 Å². The Kier molecular flexibility index (Phi) is 6.81. The second-order valence-corrected chi connectivity index (χ2v) is 10.5. The minimum atomic E-state index is -3.19. The first kappa shape index (κ1) is 23.4. The van der Waals surface area contributed by atoms with Crippen LogP contribution in [0, 0.1) is 20.8 Å². The molecule has 0 bridgehead atoms. The Labute approximate surface area is 196 Å². The summed E-state index contributed by atoms with van der Waals surface area (Å²) in [6.45, 7) is 7.26. The number of hydrogen-bond acceptors (Lipinski definition) is 6. The molecule has 7 nitrogen and oxygen atoms in total. The van der Waals surface area contributed by atoms with Gasteiger partial charge in [0.25, 0.3) is 5.91 Å². The summed E-state index contributed by atoms with van der Waals surface area (Å²) in [6.07, 6.45) is 5.23. The summed E-state index contributed by atoms with van der Waals surface area (Å²) in [4.78, 5) is 21.9. The number of rotatable bonds is 6. The molecule has 0 spiro atoms. The van der Waals surface area contributed by atoms with Gasteiger partial charge in [0.2, 0.25) is 0 Å². The van der Waals surface area contributed by atoms with Gasteiger partial charge in [-0.2, -0.15) is 0 Å². The van der Waals surface area contributed by atoms with Gasteiger partial charge in [0.15, 0.2) is 0 Å². The number of carbonyl (C=O) groups is 1. The summed E-state index contributed by atoms with van der Waals surface area (Å²) < 4.78 is 24.0. The SMILES string of the molecule is Cc1ccc(-c2cc(S(O)(O)N3CCCC3)cc(C(=O)NCc3cnc(C)nc3)c2C)cc1. The summed E-state index contributed by atoms with van der Waals surface area (Å²) in [5.41, 5.74) is 4.88. The van der Waals surface area contributed by atoms with Crippen LogP contribution in [0.25, 0.3) is 11.1 Å². The highest BCUT2D eigenvalue weighted by Gasteiger charge is 2.30. The molecule has 1 aliphatic heterocycles. The number of amides is 1. The van der Waals surface area contributed by atoms with Crippen molar-refractivity contribution in [2.75, 3.05) is 13.1 Å². The lowest BCUT2D eigenvalue weighted by atomic mass is 9.95. The number of nitrogens with zero attached hydrogens (tertiary/aromatic N) is 3. The van der Waals surface area contributed by atoms with Crippen LogP contribution in [0.2, 0.25) is 0 Å². The predicted molar refractivity (Wildman–Crippen MR) is 131 cm³/mol. The van der Waals surface area contributed by atoms with E-state index in [4.69, 9.17) is 0 Å². The van der Waals surface area contributed by atoms with Crippen LogP contribution >= 0.6 is 10.8 Å². The molecule has 8 heteroatoms. The van der Waals surface area contributed by atoms with Gasteiger partial charge in [0, 0.05) is 43.2 Å². The molecule has 174 valence electrons. The maximum atomic E-state index is 13.2. The van der Waals surface area contributed by atoms with E-state index >= 15 is 0 Å². The predicted octanol–water partition coefficient (Wildman–Crippen LogP) is 5.12. The van der Waals surface area contributed by atoms with Crippen molar-refractivity contribution >= 4 is 16.7 Å². The largest absolute Gasteiger partial charge is 0.348 e. The summed E-state index contributed by atoms with van der Waals surface area (Å²) >= 11 is 0. The number of aromatic nitrogens is 2. The van der Waals surface area contributed by atoms with Gasteiger partial charge in [-0.15, -0.1) is 10.8 Å². The van der Waals surface area contributed by atoms with E-state index in [9.17, 15) is 13.9 Å². The van der Waals surface area contributed by atoms with Crippen LogP contribution in [0.5, 0.6) is 0 Å². The van der Waals surface area contributed by atoms with Gasteiger partial charge < -0.3 is 5.32 Å². The van der Waals surface area contributed by atoms with E-state index in [-0.39, 0.29) is 12.5 Å². The number of benzene rings is 2. The first-order valence-electron chi connectivity index (χ1n) is 11.1. The zero-order chi connectivity index (χ0) is 23.6. The molecule has 0 unspecified atom stereocenters. The van der Waals surface area contributed by atoms with Crippen molar-refractivity contribution < 1.29 is 13.9 Å². The van der Waals surface area contributed by atoms with Crippen LogP contribution in [-0.2, 0) is 6.54 Å². The molecule has 2 heterocycles. The number of nitrogens with one attached hydrogen (secondary N) is 1.